The van der Waals surface area contributed by atoms with Crippen molar-refractivity contribution in [1.82, 2.24) is 25.0 Å². The Balaban J connectivity index is 1.59. The third-order valence-corrected chi connectivity index (χ3v) is 5.39. The largest absolute Gasteiger partial charge is 0.328 e. The molecule has 3 N–H and O–H groups in total. The molecule has 0 atom stereocenters. The van der Waals surface area contributed by atoms with E-state index in [-0.39, 0.29) is 23.2 Å². The highest BCUT2D eigenvalue weighted by Gasteiger charge is 2.29. The Morgan fingerprint density at radius 1 is 1.14 bits per heavy atom. The highest BCUT2D eigenvalue weighted by Crippen LogP contribution is 2.38. The molecule has 1 fully saturated rings. The van der Waals surface area contributed by atoms with E-state index < -0.39 is 11.6 Å². The average molecular weight is 380 g/mol. The van der Waals surface area contributed by atoms with Crippen LogP contribution in [0.2, 0.25) is 0 Å². The summed E-state index contributed by atoms with van der Waals surface area (Å²) >= 11 is 0. The van der Waals surface area contributed by atoms with Gasteiger partial charge in [-0.1, -0.05) is 0 Å². The van der Waals surface area contributed by atoms with Crippen molar-refractivity contribution in [3.05, 3.63) is 54.0 Å². The summed E-state index contributed by atoms with van der Waals surface area (Å²) in [5.74, 6) is -1.11. The van der Waals surface area contributed by atoms with E-state index in [9.17, 15) is 8.78 Å². The van der Waals surface area contributed by atoms with Crippen LogP contribution in [0.25, 0.3) is 33.4 Å². The molecule has 6 nitrogen and oxygen atoms in total. The van der Waals surface area contributed by atoms with E-state index in [2.05, 4.69) is 20.3 Å². The van der Waals surface area contributed by atoms with E-state index in [0.29, 0.717) is 16.8 Å². The number of hydrogen-bond donors (Lipinski definition) is 2. The fourth-order valence-electron chi connectivity index (χ4n) is 3.82. The van der Waals surface area contributed by atoms with Crippen molar-refractivity contribution in [3.63, 3.8) is 0 Å². The van der Waals surface area contributed by atoms with Gasteiger partial charge in [-0.2, -0.15) is 10.2 Å². The smallest absolute Gasteiger partial charge is 0.135 e. The number of nitrogens with one attached hydrogen (secondary N) is 1. The van der Waals surface area contributed by atoms with Crippen LogP contribution in [0.4, 0.5) is 8.78 Å². The van der Waals surface area contributed by atoms with Crippen molar-refractivity contribution in [2.24, 2.45) is 12.8 Å². The molecule has 0 saturated heterocycles. The molecular weight excluding hydrogens is 362 g/mol. The minimum Gasteiger partial charge on any atom is -0.328 e. The number of rotatable bonds is 3. The van der Waals surface area contributed by atoms with Crippen LogP contribution in [-0.2, 0) is 7.05 Å². The molecule has 0 radical (unpaired) electrons. The molecule has 1 aliphatic rings. The standard InChI is InChI=1S/C20H18F2N6/c1-28-9-12(7-25-28)20-14-6-17(24-8-18(14)26-27-20)19-15(21)4-11(5-16(19)22)10-2-13(23)3-10/h4-10,13H,2-3,23H2,1H3,(H,26,27). The van der Waals surface area contributed by atoms with Crippen molar-refractivity contribution in [1.29, 1.82) is 0 Å². The van der Waals surface area contributed by atoms with Gasteiger partial charge in [0.05, 0.1) is 29.2 Å². The quantitative estimate of drug-likeness (QED) is 0.570. The monoisotopic (exact) mass is 380 g/mol. The Bertz CT molecular complexity index is 1170. The van der Waals surface area contributed by atoms with Gasteiger partial charge in [0.2, 0.25) is 0 Å². The first-order chi connectivity index (χ1) is 13.5. The lowest BCUT2D eigenvalue weighted by Crippen LogP contribution is -2.34. The number of aryl methyl sites for hydroxylation is 1. The molecular formula is C20H18F2N6. The third-order valence-electron chi connectivity index (χ3n) is 5.39. The van der Waals surface area contributed by atoms with Crippen LogP contribution in [0, 0.1) is 11.6 Å². The molecule has 0 spiro atoms. The summed E-state index contributed by atoms with van der Waals surface area (Å²) in [7, 11) is 1.81. The summed E-state index contributed by atoms with van der Waals surface area (Å²) in [4.78, 5) is 4.24. The van der Waals surface area contributed by atoms with E-state index in [0.717, 1.165) is 23.8 Å². The van der Waals surface area contributed by atoms with Crippen LogP contribution >= 0.6 is 0 Å². The molecule has 0 aliphatic heterocycles. The van der Waals surface area contributed by atoms with Crippen LogP contribution < -0.4 is 5.73 Å². The lowest BCUT2D eigenvalue weighted by atomic mass is 9.76. The second-order valence-electron chi connectivity index (χ2n) is 7.38. The second-order valence-corrected chi connectivity index (χ2v) is 7.38. The summed E-state index contributed by atoms with van der Waals surface area (Å²) in [6, 6.07) is 4.57. The second kappa shape index (κ2) is 6.20. The Morgan fingerprint density at radius 2 is 1.89 bits per heavy atom. The SMILES string of the molecule is Cn1cc(-c2n[nH]c3cnc(-c4c(F)cc(C5CC(N)C5)cc4F)cc23)cn1. The normalized spacial score (nSPS) is 19.1. The number of nitrogens with zero attached hydrogens (tertiary/aromatic N) is 4. The maximum Gasteiger partial charge on any atom is 0.135 e. The van der Waals surface area contributed by atoms with Crippen molar-refractivity contribution in [2.75, 3.05) is 0 Å². The molecule has 0 amide bonds. The van der Waals surface area contributed by atoms with Crippen LogP contribution in [-0.4, -0.2) is 31.0 Å². The minimum atomic E-state index is -0.617. The summed E-state index contributed by atoms with van der Waals surface area (Å²) in [5.41, 5.74) is 8.70. The van der Waals surface area contributed by atoms with Gasteiger partial charge in [-0.25, -0.2) is 8.78 Å². The maximum absolute atomic E-state index is 14.8. The molecule has 0 bridgehead atoms. The zero-order chi connectivity index (χ0) is 19.4. The summed E-state index contributed by atoms with van der Waals surface area (Å²) < 4.78 is 31.3. The predicted molar refractivity (Wildman–Crippen MR) is 101 cm³/mol. The van der Waals surface area contributed by atoms with E-state index >= 15 is 0 Å². The van der Waals surface area contributed by atoms with Crippen LogP contribution in [0.3, 0.4) is 0 Å². The number of H-pyrrole nitrogens is 1. The van der Waals surface area contributed by atoms with Gasteiger partial charge in [0.15, 0.2) is 0 Å². The molecule has 1 aliphatic carbocycles. The summed E-state index contributed by atoms with van der Waals surface area (Å²) in [6.07, 6.45) is 6.57. The Hall–Kier alpha value is -3.13. The molecule has 0 unspecified atom stereocenters. The fourth-order valence-corrected chi connectivity index (χ4v) is 3.82. The third kappa shape index (κ3) is 2.68. The maximum atomic E-state index is 14.8. The number of aromatic nitrogens is 5. The molecule has 142 valence electrons. The number of aromatic amines is 1. The minimum absolute atomic E-state index is 0.117. The van der Waals surface area contributed by atoms with E-state index in [4.69, 9.17) is 5.73 Å². The van der Waals surface area contributed by atoms with Crippen molar-refractivity contribution >= 4 is 10.9 Å². The Morgan fingerprint density at radius 3 is 2.54 bits per heavy atom. The molecule has 1 saturated carbocycles. The average Bonchev–Trinajstić information content (AvgIpc) is 3.24. The summed E-state index contributed by atoms with van der Waals surface area (Å²) in [5, 5.41) is 12.1. The van der Waals surface area contributed by atoms with Gasteiger partial charge in [-0.05, 0) is 42.5 Å². The van der Waals surface area contributed by atoms with Crippen molar-refractivity contribution in [3.8, 4) is 22.5 Å². The highest BCUT2D eigenvalue weighted by atomic mass is 19.1. The number of pyridine rings is 1. The number of halogens is 2. The lowest BCUT2D eigenvalue weighted by molar-refractivity contribution is 0.349. The molecule has 3 aromatic heterocycles. The van der Waals surface area contributed by atoms with Gasteiger partial charge in [-0.15, -0.1) is 0 Å². The Labute approximate surface area is 159 Å². The lowest BCUT2D eigenvalue weighted by Gasteiger charge is -2.33. The molecule has 28 heavy (non-hydrogen) atoms. The van der Waals surface area contributed by atoms with Crippen LogP contribution in [0.1, 0.15) is 24.3 Å². The van der Waals surface area contributed by atoms with Gasteiger partial charge in [-0.3, -0.25) is 14.8 Å². The molecule has 5 rings (SSSR count). The zero-order valence-electron chi connectivity index (χ0n) is 15.2. The Kier molecular flexibility index (Phi) is 3.77. The molecule has 3 heterocycles. The number of fused-ring (bicyclic) bond motifs is 1. The molecule has 4 aromatic rings. The number of hydrogen-bond acceptors (Lipinski definition) is 4. The highest BCUT2D eigenvalue weighted by molar-refractivity contribution is 5.94. The first-order valence-electron chi connectivity index (χ1n) is 9.07. The van der Waals surface area contributed by atoms with Gasteiger partial charge in [0, 0.05) is 30.2 Å². The number of benzene rings is 1. The van der Waals surface area contributed by atoms with Gasteiger partial charge in [0.25, 0.3) is 0 Å². The van der Waals surface area contributed by atoms with Crippen LogP contribution in [0.5, 0.6) is 0 Å². The number of nitrogens with two attached hydrogens (primary N) is 1. The van der Waals surface area contributed by atoms with E-state index in [1.165, 1.54) is 18.3 Å². The molecule has 1 aromatic carbocycles. The first kappa shape index (κ1) is 17.0. The van der Waals surface area contributed by atoms with Gasteiger partial charge in [0.1, 0.15) is 17.3 Å². The topological polar surface area (TPSA) is 85.4 Å². The van der Waals surface area contributed by atoms with E-state index in [1.54, 1.807) is 16.9 Å². The van der Waals surface area contributed by atoms with Gasteiger partial charge >= 0.3 is 0 Å². The predicted octanol–water partition coefficient (Wildman–Crippen LogP) is 3.51. The zero-order valence-corrected chi connectivity index (χ0v) is 15.2. The van der Waals surface area contributed by atoms with Crippen molar-refractivity contribution < 1.29 is 8.78 Å². The fraction of sp³-hybridized carbons (Fsp3) is 0.250. The summed E-state index contributed by atoms with van der Waals surface area (Å²) in [6.45, 7) is 0. The van der Waals surface area contributed by atoms with Crippen LogP contribution in [0.15, 0.2) is 36.8 Å². The van der Waals surface area contributed by atoms with E-state index in [1.807, 2.05) is 13.2 Å². The molecule has 8 heteroatoms. The van der Waals surface area contributed by atoms with Crippen molar-refractivity contribution in [2.45, 2.75) is 24.8 Å². The van der Waals surface area contributed by atoms with Gasteiger partial charge < -0.3 is 5.73 Å². The first-order valence-corrected chi connectivity index (χ1v) is 9.07.